The predicted molar refractivity (Wildman–Crippen MR) is 104 cm³/mol. The molecule has 2 aliphatic carbocycles. The van der Waals surface area contributed by atoms with Gasteiger partial charge in [-0.05, 0) is 44.1 Å². The van der Waals surface area contributed by atoms with Crippen molar-refractivity contribution in [1.82, 2.24) is 9.80 Å². The molecule has 2 atom stereocenters. The number of fused-ring (bicyclic) bond motifs is 2. The molecular weight excluding hydrogens is 368 g/mol. The highest BCUT2D eigenvalue weighted by Gasteiger charge is 2.50. The first-order valence-corrected chi connectivity index (χ1v) is 10.8. The van der Waals surface area contributed by atoms with Crippen molar-refractivity contribution in [1.29, 1.82) is 0 Å². The van der Waals surface area contributed by atoms with E-state index in [1.165, 1.54) is 43.4 Å². The first kappa shape index (κ1) is 17.9. The van der Waals surface area contributed by atoms with E-state index in [4.69, 9.17) is 0 Å². The van der Waals surface area contributed by atoms with E-state index in [-0.39, 0.29) is 18.7 Å². The third-order valence-electron chi connectivity index (χ3n) is 5.38. The van der Waals surface area contributed by atoms with E-state index >= 15 is 0 Å². The average Bonchev–Trinajstić information content (AvgIpc) is 3.28. The monoisotopic (exact) mass is 390 g/mol. The fraction of sp³-hybridized carbons (Fsp3) is 0.526. The lowest BCUT2D eigenvalue weighted by Crippen LogP contribution is -2.56. The molecule has 2 aliphatic heterocycles. The molecule has 4 aliphatic rings. The fourth-order valence-corrected chi connectivity index (χ4v) is 6.83. The van der Waals surface area contributed by atoms with Crippen LogP contribution in [0.25, 0.3) is 0 Å². The minimum absolute atomic E-state index is 0.161. The molecule has 2 heterocycles. The maximum Gasteiger partial charge on any atom is 0.333 e. The average molecular weight is 391 g/mol. The second-order valence-corrected chi connectivity index (χ2v) is 9.59. The fourth-order valence-electron chi connectivity index (χ4n) is 3.90. The standard InChI is InChI=1S/C19H22N2O3S2/c1-5-20-16(22)14(17(23)21(6-2)19(20)24)18-25-13-8-10(9(3)4)11-7-12(11)15(13)26-18/h8-9,11-12H,5-7H2,1-4H3. The van der Waals surface area contributed by atoms with Crippen molar-refractivity contribution in [2.45, 2.75) is 34.1 Å². The molecule has 0 spiro atoms. The highest BCUT2D eigenvalue weighted by Crippen LogP contribution is 2.66. The van der Waals surface area contributed by atoms with Gasteiger partial charge in [0.05, 0.1) is 4.24 Å². The van der Waals surface area contributed by atoms with Crippen molar-refractivity contribution in [2.75, 3.05) is 13.1 Å². The van der Waals surface area contributed by atoms with Crippen LogP contribution in [0.2, 0.25) is 0 Å². The zero-order valence-corrected chi connectivity index (χ0v) is 17.0. The molecule has 0 aromatic carbocycles. The summed E-state index contributed by atoms with van der Waals surface area (Å²) in [5, 5.41) is 0. The van der Waals surface area contributed by atoms with Crippen molar-refractivity contribution in [2.24, 2.45) is 17.8 Å². The van der Waals surface area contributed by atoms with Gasteiger partial charge < -0.3 is 0 Å². The van der Waals surface area contributed by atoms with Crippen molar-refractivity contribution in [3.05, 3.63) is 31.3 Å². The van der Waals surface area contributed by atoms with E-state index in [1.54, 1.807) is 25.6 Å². The maximum absolute atomic E-state index is 12.8. The van der Waals surface area contributed by atoms with Crippen LogP contribution in [0.3, 0.4) is 0 Å². The third-order valence-corrected chi connectivity index (χ3v) is 8.09. The molecule has 0 aromatic rings. The minimum atomic E-state index is -0.510. The van der Waals surface area contributed by atoms with Crippen LogP contribution in [0.15, 0.2) is 31.3 Å². The number of allylic oxidation sites excluding steroid dienone is 3. The molecule has 26 heavy (non-hydrogen) atoms. The Kier molecular flexibility index (Phi) is 4.34. The molecule has 0 aromatic heterocycles. The van der Waals surface area contributed by atoms with E-state index < -0.39 is 17.8 Å². The van der Waals surface area contributed by atoms with Crippen molar-refractivity contribution >= 4 is 41.4 Å². The van der Waals surface area contributed by atoms with Crippen LogP contribution in [0, 0.1) is 17.8 Å². The number of barbiturate groups is 1. The molecule has 138 valence electrons. The lowest BCUT2D eigenvalue weighted by Gasteiger charge is -2.33. The number of urea groups is 1. The number of hydrogen-bond donors (Lipinski definition) is 0. The van der Waals surface area contributed by atoms with Gasteiger partial charge in [-0.25, -0.2) is 4.79 Å². The normalized spacial score (nSPS) is 28.2. The molecule has 1 saturated heterocycles. The lowest BCUT2D eigenvalue weighted by atomic mass is 9.94. The third kappa shape index (κ3) is 2.51. The van der Waals surface area contributed by atoms with Gasteiger partial charge in [-0.1, -0.05) is 42.9 Å². The van der Waals surface area contributed by atoms with E-state index in [9.17, 15) is 14.4 Å². The molecule has 0 N–H and O–H groups in total. The number of carbonyl (C=O) groups excluding carboxylic acids is 3. The van der Waals surface area contributed by atoms with E-state index in [0.29, 0.717) is 17.8 Å². The Hall–Kier alpha value is -1.47. The quantitative estimate of drug-likeness (QED) is 0.539. The molecular formula is C19H22N2O3S2. The Balaban J connectivity index is 1.71. The first-order valence-electron chi connectivity index (χ1n) is 9.12. The Morgan fingerprint density at radius 1 is 1.04 bits per heavy atom. The number of likely N-dealkylation sites (N-methyl/N-ethyl adjacent to an activating group) is 2. The topological polar surface area (TPSA) is 57.7 Å². The van der Waals surface area contributed by atoms with E-state index in [1.807, 2.05) is 0 Å². The Morgan fingerprint density at radius 3 is 2.19 bits per heavy atom. The summed E-state index contributed by atoms with van der Waals surface area (Å²) in [4.78, 5) is 42.8. The van der Waals surface area contributed by atoms with Crippen LogP contribution in [-0.4, -0.2) is 40.7 Å². The molecule has 2 unspecified atom stereocenters. The van der Waals surface area contributed by atoms with Gasteiger partial charge in [0.2, 0.25) is 0 Å². The molecule has 4 amide bonds. The summed E-state index contributed by atoms with van der Waals surface area (Å²) >= 11 is 3.10. The number of rotatable bonds is 3. The van der Waals surface area contributed by atoms with Crippen LogP contribution >= 0.6 is 23.5 Å². The highest BCUT2D eigenvalue weighted by atomic mass is 32.2. The summed E-state index contributed by atoms with van der Waals surface area (Å²) in [6.45, 7) is 8.48. The lowest BCUT2D eigenvalue weighted by molar-refractivity contribution is -0.135. The molecule has 7 heteroatoms. The van der Waals surface area contributed by atoms with Crippen molar-refractivity contribution < 1.29 is 14.4 Å². The van der Waals surface area contributed by atoms with E-state index in [2.05, 4.69) is 19.9 Å². The number of thioether (sulfide) groups is 2. The minimum Gasteiger partial charge on any atom is -0.268 e. The van der Waals surface area contributed by atoms with Gasteiger partial charge in [-0.15, -0.1) is 0 Å². The van der Waals surface area contributed by atoms with Crippen LogP contribution in [0.1, 0.15) is 34.1 Å². The number of hydrogen-bond acceptors (Lipinski definition) is 5. The van der Waals surface area contributed by atoms with Gasteiger partial charge >= 0.3 is 6.03 Å². The number of imide groups is 2. The predicted octanol–water partition coefficient (Wildman–Crippen LogP) is 3.95. The summed E-state index contributed by atoms with van der Waals surface area (Å²) in [5.74, 6) is 0.779. The molecule has 5 nitrogen and oxygen atoms in total. The summed E-state index contributed by atoms with van der Waals surface area (Å²) in [6, 6.07) is -0.510. The smallest absolute Gasteiger partial charge is 0.268 e. The SMILES string of the molecule is CCN1C(=O)C(=C2SC3=C(S2)C2CC2C(C(C)C)=C3)C(=O)N(CC)C1=O. The molecule has 1 saturated carbocycles. The van der Waals surface area contributed by atoms with Gasteiger partial charge in [-0.3, -0.25) is 19.4 Å². The largest absolute Gasteiger partial charge is 0.333 e. The number of carbonyl (C=O) groups is 3. The van der Waals surface area contributed by atoms with E-state index in [0.717, 1.165) is 4.24 Å². The van der Waals surface area contributed by atoms with Crippen LogP contribution in [0.5, 0.6) is 0 Å². The number of amides is 4. The molecule has 2 fully saturated rings. The summed E-state index contributed by atoms with van der Waals surface area (Å²) in [7, 11) is 0. The van der Waals surface area contributed by atoms with Crippen LogP contribution in [0.4, 0.5) is 4.79 Å². The van der Waals surface area contributed by atoms with Crippen molar-refractivity contribution in [3.63, 3.8) is 0 Å². The van der Waals surface area contributed by atoms with Crippen LogP contribution in [-0.2, 0) is 9.59 Å². The van der Waals surface area contributed by atoms with Gasteiger partial charge in [0.15, 0.2) is 0 Å². The van der Waals surface area contributed by atoms with Crippen molar-refractivity contribution in [3.8, 4) is 0 Å². The van der Waals surface area contributed by atoms with Gasteiger partial charge in [-0.2, -0.15) is 0 Å². The zero-order valence-electron chi connectivity index (χ0n) is 15.4. The second kappa shape index (κ2) is 6.30. The second-order valence-electron chi connectivity index (χ2n) is 7.22. The Morgan fingerprint density at radius 2 is 1.65 bits per heavy atom. The van der Waals surface area contributed by atoms with Crippen LogP contribution < -0.4 is 0 Å². The van der Waals surface area contributed by atoms with Gasteiger partial charge in [0.25, 0.3) is 11.8 Å². The maximum atomic E-state index is 12.8. The first-order chi connectivity index (χ1) is 12.4. The summed E-state index contributed by atoms with van der Waals surface area (Å²) < 4.78 is 0.737. The van der Waals surface area contributed by atoms with Gasteiger partial charge in [0, 0.05) is 22.9 Å². The molecule has 0 radical (unpaired) electrons. The summed E-state index contributed by atoms with van der Waals surface area (Å²) in [5.41, 5.74) is 1.64. The zero-order chi connectivity index (χ0) is 18.7. The highest BCUT2D eigenvalue weighted by molar-refractivity contribution is 8.28. The molecule has 0 bridgehead atoms. The summed E-state index contributed by atoms with van der Waals surface area (Å²) in [6.07, 6.45) is 3.43. The Bertz CT molecular complexity index is 797. The molecule has 4 rings (SSSR count). The Labute approximate surface area is 161 Å². The van der Waals surface area contributed by atoms with Gasteiger partial charge in [0.1, 0.15) is 5.57 Å². The number of nitrogens with zero attached hydrogens (tertiary/aromatic N) is 2.